The molecule has 2 aliphatic heterocycles. The van der Waals surface area contributed by atoms with Crippen LogP contribution in [-0.4, -0.2) is 39.0 Å². The van der Waals surface area contributed by atoms with E-state index in [0.29, 0.717) is 29.5 Å². The lowest BCUT2D eigenvalue weighted by Gasteiger charge is -2.53. The zero-order chi connectivity index (χ0) is 39.2. The minimum atomic E-state index is 0.114. The Morgan fingerprint density at radius 1 is 0.679 bits per heavy atom. The van der Waals surface area contributed by atoms with Gasteiger partial charge in [-0.1, -0.05) is 122 Å². The highest BCUT2D eigenvalue weighted by Gasteiger charge is 2.65. The van der Waals surface area contributed by atoms with Crippen LogP contribution in [0.1, 0.15) is 178 Å². The first-order chi connectivity index (χ1) is 26.4. The molecule has 0 aromatic carbocycles. The fraction of sp³-hybridized carbons (Fsp3) is 0.778. The molecule has 2 heteroatoms. The van der Waals surface area contributed by atoms with E-state index in [0.717, 1.165) is 29.6 Å². The molecule has 6 fully saturated rings. The van der Waals surface area contributed by atoms with Crippen molar-refractivity contribution in [3.05, 3.63) is 70.5 Å². The Bertz CT molecular complexity index is 1780. The Kier molecular flexibility index (Phi) is 8.81. The van der Waals surface area contributed by atoms with Gasteiger partial charge in [-0.25, -0.2) is 0 Å². The van der Waals surface area contributed by atoms with E-state index in [1.165, 1.54) is 109 Å². The molecule has 0 aromatic heterocycles. The van der Waals surface area contributed by atoms with E-state index in [1.54, 1.807) is 16.8 Å². The van der Waals surface area contributed by atoms with Crippen molar-refractivity contribution in [2.75, 3.05) is 0 Å². The maximum atomic E-state index is 3.20. The lowest BCUT2D eigenvalue weighted by atomic mass is 9.57. The van der Waals surface area contributed by atoms with Gasteiger partial charge in [0.1, 0.15) is 0 Å². The Morgan fingerprint density at radius 2 is 1.38 bits per heavy atom. The highest BCUT2D eigenvalue weighted by Crippen LogP contribution is 2.66. The predicted octanol–water partition coefficient (Wildman–Crippen LogP) is 13.9. The van der Waals surface area contributed by atoms with Gasteiger partial charge in [0.2, 0.25) is 0 Å². The predicted molar refractivity (Wildman–Crippen MR) is 236 cm³/mol. The van der Waals surface area contributed by atoms with Crippen molar-refractivity contribution in [2.24, 2.45) is 57.2 Å². The van der Waals surface area contributed by atoms with Crippen molar-refractivity contribution in [3.63, 3.8) is 0 Å². The van der Waals surface area contributed by atoms with Gasteiger partial charge in [-0.15, -0.1) is 0 Å². The molecule has 0 radical (unpaired) electrons. The standard InChI is InChI=1S/C54H80N2/c1-49(2,3)40-17-19-47-45(32-40)53(21-13-11-14-22-53)51(7,8)55(47)42-30-37(36-25-35-26-38-29-39(28-36)44(38)27-35)31-43(34-42)56-48-20-18-41(50(4,5)6)33-46(48)54(52(56,9)10)23-15-12-16-24-54/h17-19,28,32-38,43-45,47-48H,11-16,20-27,29-31H2,1-10H3. The summed E-state index contributed by atoms with van der Waals surface area (Å²) in [5.74, 6) is 5.01. The Balaban J connectivity index is 1.10. The van der Waals surface area contributed by atoms with Crippen molar-refractivity contribution in [1.29, 1.82) is 0 Å². The van der Waals surface area contributed by atoms with Crippen LogP contribution in [0.4, 0.5) is 0 Å². The number of hydrogen-bond donors (Lipinski definition) is 0. The molecule has 0 aromatic rings. The second-order valence-electron chi connectivity index (χ2n) is 24.7. The van der Waals surface area contributed by atoms with Gasteiger partial charge in [0, 0.05) is 45.6 Å². The summed E-state index contributed by atoms with van der Waals surface area (Å²) >= 11 is 0. The van der Waals surface area contributed by atoms with Gasteiger partial charge in [-0.3, -0.25) is 4.90 Å². The quantitative estimate of drug-likeness (QED) is 0.265. The zero-order valence-electron chi connectivity index (χ0n) is 37.7. The van der Waals surface area contributed by atoms with Crippen LogP contribution in [0.5, 0.6) is 0 Å². The number of allylic oxidation sites excluding steroid dienone is 7. The van der Waals surface area contributed by atoms with Crippen molar-refractivity contribution >= 4 is 0 Å². The highest BCUT2D eigenvalue weighted by atomic mass is 15.3. The maximum absolute atomic E-state index is 3.20. The van der Waals surface area contributed by atoms with Gasteiger partial charge in [0.05, 0.1) is 6.04 Å². The molecule has 56 heavy (non-hydrogen) atoms. The number of fused-ring (bicyclic) bond motifs is 5. The third kappa shape index (κ3) is 5.47. The first kappa shape index (κ1) is 38.4. The lowest BCUT2D eigenvalue weighted by Crippen LogP contribution is -2.57. The summed E-state index contributed by atoms with van der Waals surface area (Å²) in [6.45, 7) is 25.5. The first-order valence-corrected chi connectivity index (χ1v) is 24.3. The minimum Gasteiger partial charge on any atom is -0.362 e. The van der Waals surface area contributed by atoms with Crippen molar-refractivity contribution in [3.8, 4) is 0 Å². The van der Waals surface area contributed by atoms with Crippen molar-refractivity contribution in [2.45, 2.75) is 208 Å². The topological polar surface area (TPSA) is 6.48 Å². The zero-order valence-corrected chi connectivity index (χ0v) is 37.7. The average Bonchev–Trinajstić information content (AvgIpc) is 3.56. The third-order valence-corrected chi connectivity index (χ3v) is 19.6. The largest absolute Gasteiger partial charge is 0.362 e. The molecule has 2 nitrogen and oxygen atoms in total. The third-order valence-electron chi connectivity index (χ3n) is 19.6. The van der Waals surface area contributed by atoms with Crippen molar-refractivity contribution in [1.82, 2.24) is 9.80 Å². The molecule has 9 atom stereocenters. The van der Waals surface area contributed by atoms with E-state index >= 15 is 0 Å². The fourth-order valence-corrected chi connectivity index (χ4v) is 16.6. The van der Waals surface area contributed by atoms with Gasteiger partial charge in [-0.05, 0) is 162 Å². The summed E-state index contributed by atoms with van der Waals surface area (Å²) in [7, 11) is 0. The van der Waals surface area contributed by atoms with Gasteiger partial charge in [0.15, 0.2) is 0 Å². The van der Waals surface area contributed by atoms with Crippen LogP contribution in [0.15, 0.2) is 70.5 Å². The monoisotopic (exact) mass is 757 g/mol. The average molecular weight is 757 g/mol. The highest BCUT2D eigenvalue weighted by molar-refractivity contribution is 5.46. The van der Waals surface area contributed by atoms with Crippen LogP contribution in [-0.2, 0) is 0 Å². The molecule has 2 heterocycles. The van der Waals surface area contributed by atoms with Crippen LogP contribution >= 0.6 is 0 Å². The summed E-state index contributed by atoms with van der Waals surface area (Å²) in [5.41, 5.74) is 9.86. The number of nitrogens with zero attached hydrogens (tertiary/aromatic N) is 2. The summed E-state index contributed by atoms with van der Waals surface area (Å²) in [6, 6.07) is 1.48. The summed E-state index contributed by atoms with van der Waals surface area (Å²) in [6.07, 6.45) is 43.1. The van der Waals surface area contributed by atoms with Crippen LogP contribution in [0, 0.1) is 57.2 Å². The second-order valence-corrected chi connectivity index (χ2v) is 24.7. The molecule has 0 amide bonds. The van der Waals surface area contributed by atoms with Gasteiger partial charge in [0.25, 0.3) is 0 Å². The SMILES string of the molecule is CC(C)(C)C1=CCC2C(=C1)C1(CCCCC1)C(C)(C)N2C1C=C(N2C3C=CC(C(C)(C)C)=CC3C3(CCCCC3)C2(C)C)CC(C2C=C3CC4CC(C2)CC34)C1. The Labute approximate surface area is 343 Å². The normalized spacial score (nSPS) is 40.6. The smallest absolute Gasteiger partial charge is 0.0548 e. The molecule has 2 saturated heterocycles. The van der Waals surface area contributed by atoms with E-state index in [4.69, 9.17) is 0 Å². The summed E-state index contributed by atoms with van der Waals surface area (Å²) in [4.78, 5) is 6.32. The Morgan fingerprint density at radius 3 is 2.07 bits per heavy atom. The van der Waals surface area contributed by atoms with E-state index in [9.17, 15) is 0 Å². The number of likely N-dealkylation sites (tertiary alicyclic amines) is 2. The van der Waals surface area contributed by atoms with Crippen LogP contribution in [0.25, 0.3) is 0 Å². The number of rotatable bonds is 3. The molecule has 10 aliphatic rings. The fourth-order valence-electron chi connectivity index (χ4n) is 16.6. The van der Waals surface area contributed by atoms with Crippen LogP contribution in [0.2, 0.25) is 0 Å². The summed E-state index contributed by atoms with van der Waals surface area (Å²) in [5, 5.41) is 0. The second kappa shape index (κ2) is 12.9. The lowest BCUT2D eigenvalue weighted by molar-refractivity contribution is -0.000292. The molecule has 4 saturated carbocycles. The van der Waals surface area contributed by atoms with Crippen LogP contribution in [0.3, 0.4) is 0 Å². The van der Waals surface area contributed by atoms with E-state index in [-0.39, 0.29) is 27.3 Å². The summed E-state index contributed by atoms with van der Waals surface area (Å²) < 4.78 is 0. The maximum Gasteiger partial charge on any atom is 0.0548 e. The molecule has 0 N–H and O–H groups in total. The molecule has 8 aliphatic carbocycles. The van der Waals surface area contributed by atoms with E-state index < -0.39 is 0 Å². The minimum absolute atomic E-state index is 0.114. The van der Waals surface area contributed by atoms with Crippen LogP contribution < -0.4 is 0 Å². The molecule has 9 unspecified atom stereocenters. The molecular weight excluding hydrogens is 677 g/mol. The van der Waals surface area contributed by atoms with E-state index in [1.807, 2.05) is 11.1 Å². The van der Waals surface area contributed by atoms with Gasteiger partial charge in [-0.2, -0.15) is 0 Å². The molecule has 2 spiro atoms. The Hall–Kier alpha value is -1.80. The molecule has 306 valence electrons. The van der Waals surface area contributed by atoms with Crippen molar-refractivity contribution < 1.29 is 0 Å². The van der Waals surface area contributed by atoms with Gasteiger partial charge >= 0.3 is 0 Å². The van der Waals surface area contributed by atoms with Gasteiger partial charge < -0.3 is 4.90 Å². The molecule has 10 rings (SSSR count). The molecular formula is C54H80N2. The number of hydrogen-bond acceptors (Lipinski definition) is 2. The van der Waals surface area contributed by atoms with E-state index in [2.05, 4.69) is 122 Å². The first-order valence-electron chi connectivity index (χ1n) is 24.3. The molecule has 2 bridgehead atoms.